The fraction of sp³-hybridized carbons (Fsp3) is 0.700. The highest BCUT2D eigenvalue weighted by Crippen LogP contribution is 2.63. The van der Waals surface area contributed by atoms with Crippen molar-refractivity contribution >= 4 is 17.7 Å². The summed E-state index contributed by atoms with van der Waals surface area (Å²) in [5.74, 6) is -1.12. The Morgan fingerprint density at radius 3 is 2.49 bits per heavy atom. The highest BCUT2D eigenvalue weighted by Gasteiger charge is 2.74. The Labute approximate surface area is 231 Å². The van der Waals surface area contributed by atoms with Gasteiger partial charge in [0.2, 0.25) is 0 Å². The third kappa shape index (κ3) is 3.79. The number of hydrogen-bond acceptors (Lipinski definition) is 7. The van der Waals surface area contributed by atoms with Gasteiger partial charge in [-0.15, -0.1) is 0 Å². The number of ketones is 1. The first kappa shape index (κ1) is 28.1. The number of hydrogen-bond donors (Lipinski definition) is 1. The molecule has 39 heavy (non-hydrogen) atoms. The molecule has 3 aliphatic carbocycles. The first-order chi connectivity index (χ1) is 18.0. The maximum Gasteiger partial charge on any atom is 0.415 e. The number of amides is 1. The number of allylic oxidation sites excluding steroid dienone is 1. The van der Waals surface area contributed by atoms with E-state index in [2.05, 4.69) is 25.9 Å². The summed E-state index contributed by atoms with van der Waals surface area (Å²) in [6.45, 7) is 16.0. The van der Waals surface area contributed by atoms with Gasteiger partial charge in [0.15, 0.2) is 29.1 Å². The Morgan fingerprint density at radius 2 is 1.87 bits per heavy atom. The molecule has 1 aliphatic heterocycles. The maximum absolute atomic E-state index is 14.8. The summed E-state index contributed by atoms with van der Waals surface area (Å²) in [5.41, 5.74) is -1.31. The minimum absolute atomic E-state index is 0.0539. The van der Waals surface area contributed by atoms with E-state index in [1.807, 2.05) is 32.9 Å². The minimum Gasteiger partial charge on any atom is -0.438 e. The molecule has 1 amide bonds. The smallest absolute Gasteiger partial charge is 0.415 e. The Bertz CT molecular complexity index is 1260. The number of fused-ring (bicyclic) bond motifs is 3. The van der Waals surface area contributed by atoms with Crippen molar-refractivity contribution in [3.8, 4) is 0 Å². The highest BCUT2D eigenvalue weighted by molar-refractivity contribution is 5.95. The molecule has 9 heteroatoms. The van der Waals surface area contributed by atoms with Crippen LogP contribution in [0.4, 0.5) is 10.6 Å². The fourth-order valence-corrected chi connectivity index (χ4v) is 7.34. The molecule has 1 saturated heterocycles. The van der Waals surface area contributed by atoms with Gasteiger partial charge in [-0.05, 0) is 62.5 Å². The molecule has 0 radical (unpaired) electrons. The second kappa shape index (κ2) is 8.75. The molecule has 0 aromatic carbocycles. The van der Waals surface area contributed by atoms with Crippen LogP contribution in [0.1, 0.15) is 60.6 Å². The first-order valence-corrected chi connectivity index (χ1v) is 13.9. The van der Waals surface area contributed by atoms with Crippen molar-refractivity contribution in [2.45, 2.75) is 85.4 Å². The summed E-state index contributed by atoms with van der Waals surface area (Å²) in [6, 6.07) is 1.79. The topological polar surface area (TPSA) is 103 Å². The lowest BCUT2D eigenvalue weighted by Gasteiger charge is -2.52. The summed E-state index contributed by atoms with van der Waals surface area (Å²) in [4.78, 5) is 29.7. The molecule has 1 saturated carbocycles. The summed E-state index contributed by atoms with van der Waals surface area (Å²) in [6.07, 6.45) is 1.89. The molecule has 2 bridgehead atoms. The predicted molar refractivity (Wildman–Crippen MR) is 146 cm³/mol. The Kier molecular flexibility index (Phi) is 6.30. The van der Waals surface area contributed by atoms with E-state index < -0.39 is 41.0 Å². The number of carbonyl (C=O) groups excluding carboxylic acids is 2. The number of nitrogens with zero attached hydrogens (tertiary/aromatic N) is 3. The molecule has 2 heterocycles. The lowest BCUT2D eigenvalue weighted by molar-refractivity contribution is -0.302. The number of aryl methyl sites for hydroxylation is 2. The van der Waals surface area contributed by atoms with Crippen LogP contribution >= 0.6 is 0 Å². The second-order valence-electron chi connectivity index (χ2n) is 13.3. The van der Waals surface area contributed by atoms with Crippen LogP contribution in [0.5, 0.6) is 0 Å². The molecule has 1 aromatic rings. The highest BCUT2D eigenvalue weighted by atomic mass is 16.7. The zero-order chi connectivity index (χ0) is 28.9. The van der Waals surface area contributed by atoms with E-state index in [1.165, 1.54) is 4.90 Å². The number of aromatic nitrogens is 2. The van der Waals surface area contributed by atoms with Gasteiger partial charge in [-0.3, -0.25) is 14.4 Å². The van der Waals surface area contributed by atoms with E-state index in [0.29, 0.717) is 17.0 Å². The molecule has 0 unspecified atom stereocenters. The van der Waals surface area contributed by atoms with Crippen molar-refractivity contribution in [1.82, 2.24) is 9.78 Å². The van der Waals surface area contributed by atoms with Crippen LogP contribution in [-0.4, -0.2) is 64.0 Å². The summed E-state index contributed by atoms with van der Waals surface area (Å²) >= 11 is 0. The van der Waals surface area contributed by atoms with E-state index in [4.69, 9.17) is 14.2 Å². The fourth-order valence-electron chi connectivity index (χ4n) is 7.34. The molecular weight excluding hydrogens is 498 g/mol. The largest absolute Gasteiger partial charge is 0.438 e. The minimum atomic E-state index is -1.87. The quantitative estimate of drug-likeness (QED) is 0.556. The Morgan fingerprint density at radius 1 is 1.21 bits per heavy atom. The van der Waals surface area contributed by atoms with Gasteiger partial charge in [0, 0.05) is 31.8 Å². The van der Waals surface area contributed by atoms with Gasteiger partial charge >= 0.3 is 6.09 Å². The zero-order valence-electron chi connectivity index (χ0n) is 24.9. The molecule has 2 fully saturated rings. The number of anilines is 1. The van der Waals surface area contributed by atoms with Gasteiger partial charge in [0.25, 0.3) is 0 Å². The molecule has 214 valence electrons. The third-order valence-electron chi connectivity index (χ3n) is 10.2. The van der Waals surface area contributed by atoms with Crippen LogP contribution < -0.4 is 4.90 Å². The number of rotatable bonds is 2. The van der Waals surface area contributed by atoms with Crippen molar-refractivity contribution in [1.29, 1.82) is 0 Å². The molecule has 7 atom stereocenters. The van der Waals surface area contributed by atoms with E-state index in [9.17, 15) is 14.7 Å². The standard InChI is InChI=1S/C30H43N3O6/c1-16-14-29-18(3)11-17(2)27(5,6)21(23(29)34)13-20-15-37-28(7,8)39-25(20)30(29,36)24(16)38-26(35)32(9)22-12-19(4)33(10)31-22/h12-14,17-18,21,24-25,36H,11,15H2,1-10H3/t17-,18+,21+,24-,25+,29-,30+/m0/s1. The van der Waals surface area contributed by atoms with Crippen LogP contribution in [0.3, 0.4) is 0 Å². The summed E-state index contributed by atoms with van der Waals surface area (Å²) in [5, 5.41) is 17.5. The molecular formula is C30H43N3O6. The van der Waals surface area contributed by atoms with Gasteiger partial charge in [-0.25, -0.2) is 4.79 Å². The van der Waals surface area contributed by atoms with Gasteiger partial charge in [0.1, 0.15) is 6.10 Å². The van der Waals surface area contributed by atoms with Gasteiger partial charge in [-0.1, -0.05) is 39.8 Å². The molecule has 1 spiro atoms. The molecule has 1 N–H and O–H groups in total. The lowest BCUT2D eigenvalue weighted by Crippen LogP contribution is -2.68. The normalized spacial score (nSPS) is 38.5. The van der Waals surface area contributed by atoms with Gasteiger partial charge in [0.05, 0.1) is 12.0 Å². The summed E-state index contributed by atoms with van der Waals surface area (Å²) < 4.78 is 20.3. The average molecular weight is 542 g/mol. The van der Waals surface area contributed by atoms with Gasteiger partial charge < -0.3 is 19.3 Å². The van der Waals surface area contributed by atoms with E-state index in [-0.39, 0.29) is 29.6 Å². The number of Topliss-reactive ketones (excluding diaryl/α,β-unsaturated/α-hetero) is 1. The first-order valence-electron chi connectivity index (χ1n) is 13.9. The number of carbonyl (C=O) groups is 2. The summed E-state index contributed by atoms with van der Waals surface area (Å²) in [7, 11) is 3.39. The Hall–Kier alpha value is -2.49. The van der Waals surface area contributed by atoms with E-state index >= 15 is 0 Å². The zero-order valence-corrected chi connectivity index (χ0v) is 24.9. The average Bonchev–Trinajstić information content (AvgIpc) is 3.26. The third-order valence-corrected chi connectivity index (χ3v) is 10.2. The molecule has 5 rings (SSSR count). The van der Waals surface area contributed by atoms with E-state index in [1.54, 1.807) is 38.7 Å². The van der Waals surface area contributed by atoms with Crippen molar-refractivity contribution in [2.24, 2.45) is 35.6 Å². The van der Waals surface area contributed by atoms with Crippen LogP contribution in [-0.2, 0) is 26.1 Å². The van der Waals surface area contributed by atoms with Crippen molar-refractivity contribution in [3.63, 3.8) is 0 Å². The molecule has 1 aromatic heterocycles. The monoisotopic (exact) mass is 541 g/mol. The molecule has 4 aliphatic rings. The van der Waals surface area contributed by atoms with Gasteiger partial charge in [-0.2, -0.15) is 5.10 Å². The lowest BCUT2D eigenvalue weighted by atomic mass is 9.59. The maximum atomic E-state index is 14.8. The van der Waals surface area contributed by atoms with Crippen LogP contribution in [0, 0.1) is 35.5 Å². The van der Waals surface area contributed by atoms with Crippen molar-refractivity contribution < 1.29 is 28.9 Å². The number of ether oxygens (including phenoxy) is 3. The number of aliphatic hydroxyl groups is 1. The van der Waals surface area contributed by atoms with Crippen molar-refractivity contribution in [3.05, 3.63) is 35.1 Å². The van der Waals surface area contributed by atoms with Crippen LogP contribution in [0.25, 0.3) is 0 Å². The SMILES string of the molecule is CC1=C[C@]23C(=O)[C@@H](C=C4COC(C)(C)O[C@H]4[C@]2(O)[C@H]1OC(=O)N(C)c1cc(C)n(C)n1)C(C)(C)[C@@H](C)C[C@H]3C. The Balaban J connectivity index is 1.66. The predicted octanol–water partition coefficient (Wildman–Crippen LogP) is 4.33. The van der Waals surface area contributed by atoms with E-state index in [0.717, 1.165) is 12.1 Å². The molecule has 9 nitrogen and oxygen atoms in total. The van der Waals surface area contributed by atoms with Crippen LogP contribution in [0.2, 0.25) is 0 Å². The second-order valence-corrected chi connectivity index (χ2v) is 13.3. The van der Waals surface area contributed by atoms with Crippen molar-refractivity contribution in [2.75, 3.05) is 18.6 Å². The van der Waals surface area contributed by atoms with Crippen LogP contribution in [0.15, 0.2) is 29.4 Å².